The molecular weight excluding hydrogens is 332 g/mol. The topological polar surface area (TPSA) is 59.8 Å². The summed E-state index contributed by atoms with van der Waals surface area (Å²) in [4.78, 5) is 17.1. The summed E-state index contributed by atoms with van der Waals surface area (Å²) in [6.07, 6.45) is 7.39. The zero-order valence-corrected chi connectivity index (χ0v) is 15.8. The van der Waals surface area contributed by atoms with Crippen molar-refractivity contribution in [1.29, 1.82) is 0 Å². The molecule has 0 spiro atoms. The van der Waals surface area contributed by atoms with E-state index >= 15 is 0 Å². The molecule has 0 aromatic carbocycles. The van der Waals surface area contributed by atoms with Gasteiger partial charge in [0.2, 0.25) is 0 Å². The Morgan fingerprint density at radius 3 is 2.77 bits per heavy atom. The Morgan fingerprint density at radius 2 is 2.12 bits per heavy atom. The zero-order chi connectivity index (χ0) is 18.1. The molecule has 3 aliphatic heterocycles. The minimum atomic E-state index is -0.121. The molecule has 1 aromatic rings. The number of aromatic nitrogens is 2. The summed E-state index contributed by atoms with van der Waals surface area (Å²) in [6, 6.07) is 0.901. The van der Waals surface area contributed by atoms with Crippen LogP contribution < -0.4 is 0 Å². The minimum absolute atomic E-state index is 0.0768. The van der Waals surface area contributed by atoms with Gasteiger partial charge in [-0.1, -0.05) is 0 Å². The lowest BCUT2D eigenvalue weighted by Gasteiger charge is -2.50. The molecule has 0 radical (unpaired) electrons. The number of rotatable bonds is 4. The second kappa shape index (κ2) is 7.66. The van der Waals surface area contributed by atoms with Gasteiger partial charge in [0.05, 0.1) is 32.2 Å². The fourth-order valence-corrected chi connectivity index (χ4v) is 4.83. The van der Waals surface area contributed by atoms with Crippen molar-refractivity contribution in [1.82, 2.24) is 19.6 Å². The number of esters is 1. The summed E-state index contributed by atoms with van der Waals surface area (Å²) in [5, 5.41) is 4.49. The van der Waals surface area contributed by atoms with Crippen LogP contribution in [0.15, 0.2) is 12.4 Å². The number of aryl methyl sites for hydroxylation is 1. The van der Waals surface area contributed by atoms with Crippen LogP contribution in [0.5, 0.6) is 0 Å². The quantitative estimate of drug-likeness (QED) is 0.756. The van der Waals surface area contributed by atoms with Gasteiger partial charge in [-0.05, 0) is 38.7 Å². The molecule has 4 atom stereocenters. The van der Waals surface area contributed by atoms with Crippen LogP contribution in [-0.2, 0) is 14.3 Å². The average molecular weight is 362 g/mol. The van der Waals surface area contributed by atoms with Crippen molar-refractivity contribution in [2.24, 2.45) is 5.92 Å². The molecule has 0 amide bonds. The number of carbonyl (C=O) groups is 1. The molecule has 0 N–H and O–H groups in total. The molecule has 144 valence electrons. The highest BCUT2D eigenvalue weighted by Gasteiger charge is 2.45. The molecule has 3 fully saturated rings. The van der Waals surface area contributed by atoms with Crippen molar-refractivity contribution in [3.63, 3.8) is 0 Å². The smallest absolute Gasteiger partial charge is 0.323 e. The van der Waals surface area contributed by atoms with Crippen molar-refractivity contribution in [2.45, 2.75) is 51.2 Å². The maximum absolute atomic E-state index is 12.4. The summed E-state index contributed by atoms with van der Waals surface area (Å²) >= 11 is 0. The van der Waals surface area contributed by atoms with E-state index in [1.54, 1.807) is 0 Å². The number of hydrogen-bond donors (Lipinski definition) is 0. The zero-order valence-electron chi connectivity index (χ0n) is 15.8. The van der Waals surface area contributed by atoms with Crippen LogP contribution in [0.25, 0.3) is 0 Å². The Labute approximate surface area is 155 Å². The molecule has 0 aliphatic carbocycles. The summed E-state index contributed by atoms with van der Waals surface area (Å²) in [7, 11) is 0. The van der Waals surface area contributed by atoms with Crippen molar-refractivity contribution in [3.05, 3.63) is 18.0 Å². The molecule has 7 nitrogen and oxygen atoms in total. The van der Waals surface area contributed by atoms with E-state index < -0.39 is 0 Å². The van der Waals surface area contributed by atoms with E-state index in [0.29, 0.717) is 32.0 Å². The Balaban J connectivity index is 1.36. The van der Waals surface area contributed by atoms with Gasteiger partial charge in [-0.15, -0.1) is 0 Å². The first-order valence-electron chi connectivity index (χ1n) is 9.89. The van der Waals surface area contributed by atoms with Gasteiger partial charge in [0, 0.05) is 37.8 Å². The number of carbonyl (C=O) groups excluding carboxylic acids is 1. The normalized spacial score (nSPS) is 33.2. The van der Waals surface area contributed by atoms with Gasteiger partial charge in [-0.3, -0.25) is 19.3 Å². The third-order valence-corrected chi connectivity index (χ3v) is 6.10. The Hall–Kier alpha value is -1.44. The summed E-state index contributed by atoms with van der Waals surface area (Å²) in [5.74, 6) is 0.167. The second-order valence-electron chi connectivity index (χ2n) is 7.88. The molecule has 4 unspecified atom stereocenters. The van der Waals surface area contributed by atoms with E-state index in [1.807, 2.05) is 13.1 Å². The first kappa shape index (κ1) is 17.9. The molecule has 4 rings (SSSR count). The molecule has 4 heterocycles. The number of fused-ring (bicyclic) bond motifs is 2. The maximum Gasteiger partial charge on any atom is 0.323 e. The second-order valence-corrected chi connectivity index (χ2v) is 7.88. The van der Waals surface area contributed by atoms with Crippen molar-refractivity contribution in [3.8, 4) is 0 Å². The molecule has 3 saturated heterocycles. The minimum Gasteiger partial charge on any atom is -0.465 e. The predicted molar refractivity (Wildman–Crippen MR) is 96.6 cm³/mol. The molecule has 3 aliphatic rings. The van der Waals surface area contributed by atoms with E-state index in [2.05, 4.69) is 32.7 Å². The van der Waals surface area contributed by atoms with Crippen LogP contribution in [0.3, 0.4) is 0 Å². The van der Waals surface area contributed by atoms with Gasteiger partial charge < -0.3 is 9.47 Å². The fraction of sp³-hybridized carbons (Fsp3) is 0.789. The van der Waals surface area contributed by atoms with E-state index in [-0.39, 0.29) is 17.9 Å². The number of nitrogens with zero attached hydrogens (tertiary/aromatic N) is 4. The standard InChI is InChI=1S/C19H30N4O3/c1-3-26-19(24)18-15-8-17(11-22(18)13-25-12-15)21-6-4-16(5-7-21)23-10-14(2)9-20-23/h9-10,15-18H,3-8,11-13H2,1-2H3. The Morgan fingerprint density at radius 1 is 1.31 bits per heavy atom. The lowest BCUT2D eigenvalue weighted by molar-refractivity contribution is -0.175. The van der Waals surface area contributed by atoms with Crippen molar-refractivity contribution < 1.29 is 14.3 Å². The fourth-order valence-electron chi connectivity index (χ4n) is 4.83. The van der Waals surface area contributed by atoms with Crippen LogP contribution in [0, 0.1) is 12.8 Å². The van der Waals surface area contributed by atoms with Crippen LogP contribution in [0.2, 0.25) is 0 Å². The highest BCUT2D eigenvalue weighted by Crippen LogP contribution is 2.33. The van der Waals surface area contributed by atoms with Gasteiger partial charge in [-0.2, -0.15) is 5.10 Å². The number of piperidine rings is 2. The summed E-state index contributed by atoms with van der Waals surface area (Å²) < 4.78 is 13.1. The van der Waals surface area contributed by atoms with E-state index in [9.17, 15) is 4.79 Å². The molecular formula is C19H30N4O3. The summed E-state index contributed by atoms with van der Waals surface area (Å²) in [5.41, 5.74) is 1.23. The molecule has 2 bridgehead atoms. The van der Waals surface area contributed by atoms with Crippen LogP contribution in [0.4, 0.5) is 0 Å². The van der Waals surface area contributed by atoms with Crippen molar-refractivity contribution in [2.75, 3.05) is 39.6 Å². The molecule has 26 heavy (non-hydrogen) atoms. The van der Waals surface area contributed by atoms with E-state index in [4.69, 9.17) is 9.47 Å². The lowest BCUT2D eigenvalue weighted by atomic mass is 9.85. The van der Waals surface area contributed by atoms with Crippen LogP contribution in [0.1, 0.15) is 37.8 Å². The first-order valence-corrected chi connectivity index (χ1v) is 9.89. The number of hydrogen-bond acceptors (Lipinski definition) is 6. The van der Waals surface area contributed by atoms with Crippen molar-refractivity contribution >= 4 is 5.97 Å². The maximum atomic E-state index is 12.4. The van der Waals surface area contributed by atoms with E-state index in [1.165, 1.54) is 5.56 Å². The molecule has 7 heteroatoms. The van der Waals surface area contributed by atoms with Crippen LogP contribution >= 0.6 is 0 Å². The van der Waals surface area contributed by atoms with E-state index in [0.717, 1.165) is 38.9 Å². The largest absolute Gasteiger partial charge is 0.465 e. The number of ether oxygens (including phenoxy) is 2. The Kier molecular flexibility index (Phi) is 5.29. The molecule has 1 aromatic heterocycles. The SMILES string of the molecule is CCOC(=O)C1C2COCN1CC(N1CCC(n3cc(C)cn3)CC1)C2. The lowest BCUT2D eigenvalue weighted by Crippen LogP contribution is -2.63. The van der Waals surface area contributed by atoms with Gasteiger partial charge in [-0.25, -0.2) is 0 Å². The van der Waals surface area contributed by atoms with Crippen LogP contribution in [-0.4, -0.2) is 77.2 Å². The van der Waals surface area contributed by atoms with Gasteiger partial charge in [0.1, 0.15) is 6.04 Å². The van der Waals surface area contributed by atoms with Gasteiger partial charge in [0.15, 0.2) is 0 Å². The average Bonchev–Trinajstić information content (AvgIpc) is 3.07. The first-order chi connectivity index (χ1) is 12.7. The van der Waals surface area contributed by atoms with Gasteiger partial charge in [0.25, 0.3) is 0 Å². The third kappa shape index (κ3) is 3.52. The monoisotopic (exact) mass is 362 g/mol. The highest BCUT2D eigenvalue weighted by atomic mass is 16.5. The number of likely N-dealkylation sites (tertiary alicyclic amines) is 1. The summed E-state index contributed by atoms with van der Waals surface area (Å²) in [6.45, 7) is 8.71. The highest BCUT2D eigenvalue weighted by molar-refractivity contribution is 5.76. The molecule has 0 saturated carbocycles. The third-order valence-electron chi connectivity index (χ3n) is 6.10. The Bertz CT molecular complexity index is 612. The predicted octanol–water partition coefficient (Wildman–Crippen LogP) is 1.44. The van der Waals surface area contributed by atoms with Gasteiger partial charge >= 0.3 is 5.97 Å².